The van der Waals surface area contributed by atoms with Crippen molar-refractivity contribution in [1.29, 1.82) is 0 Å². The minimum absolute atomic E-state index is 0.0697. The lowest BCUT2D eigenvalue weighted by Crippen LogP contribution is -2.37. The number of nitrogens with zero attached hydrogens (tertiary/aromatic N) is 2. The van der Waals surface area contributed by atoms with Gasteiger partial charge in [0, 0.05) is 29.9 Å². The smallest absolute Gasteiger partial charge is 0.315 e. The van der Waals surface area contributed by atoms with E-state index in [1.807, 2.05) is 31.4 Å². The lowest BCUT2D eigenvalue weighted by molar-refractivity contribution is 0.236. The van der Waals surface area contributed by atoms with Crippen LogP contribution in [0.3, 0.4) is 0 Å². The first kappa shape index (κ1) is 17.2. The third-order valence-electron chi connectivity index (χ3n) is 3.20. The predicted octanol–water partition coefficient (Wildman–Crippen LogP) is 3.28. The average molecular weight is 334 g/mol. The zero-order valence-electron chi connectivity index (χ0n) is 13.4. The highest BCUT2D eigenvalue weighted by Crippen LogP contribution is 2.18. The summed E-state index contributed by atoms with van der Waals surface area (Å²) in [7, 11) is 0. The summed E-state index contributed by atoms with van der Waals surface area (Å²) in [5.74, 6) is 0.571. The van der Waals surface area contributed by atoms with Gasteiger partial charge in [-0.05, 0) is 18.9 Å². The van der Waals surface area contributed by atoms with Gasteiger partial charge in [-0.25, -0.2) is 14.8 Å². The molecule has 7 heteroatoms. The molecule has 0 aromatic carbocycles. The highest BCUT2D eigenvalue weighted by atomic mass is 32.1. The molecule has 2 rings (SSSR count). The molecule has 0 aliphatic heterocycles. The molecule has 2 N–H and O–H groups in total. The summed E-state index contributed by atoms with van der Waals surface area (Å²) < 4.78 is 5.59. The highest BCUT2D eigenvalue weighted by molar-refractivity contribution is 7.09. The molecule has 23 heavy (non-hydrogen) atoms. The molecular formula is C16H22N4O2S. The Kier molecular flexibility index (Phi) is 6.80. The third-order valence-corrected chi connectivity index (χ3v) is 4.08. The molecule has 0 bridgehead atoms. The van der Waals surface area contributed by atoms with Gasteiger partial charge in [0.25, 0.3) is 0 Å². The number of rotatable bonds is 8. The van der Waals surface area contributed by atoms with Crippen LogP contribution in [0.15, 0.2) is 29.9 Å². The largest absolute Gasteiger partial charge is 0.477 e. The fourth-order valence-electron chi connectivity index (χ4n) is 2.02. The van der Waals surface area contributed by atoms with Gasteiger partial charge in [-0.1, -0.05) is 19.9 Å². The predicted molar refractivity (Wildman–Crippen MR) is 90.5 cm³/mol. The van der Waals surface area contributed by atoms with Gasteiger partial charge in [-0.2, -0.15) is 0 Å². The lowest BCUT2D eigenvalue weighted by Gasteiger charge is -2.16. The number of pyridine rings is 1. The van der Waals surface area contributed by atoms with Crippen molar-refractivity contribution in [3.05, 3.63) is 40.5 Å². The van der Waals surface area contributed by atoms with Gasteiger partial charge in [0.15, 0.2) is 0 Å². The summed E-state index contributed by atoms with van der Waals surface area (Å²) >= 11 is 1.54. The summed E-state index contributed by atoms with van der Waals surface area (Å²) in [6.07, 6.45) is 5.13. The van der Waals surface area contributed by atoms with Crippen LogP contribution >= 0.6 is 11.3 Å². The number of carbonyl (C=O) groups excluding carboxylic acids is 1. The Balaban J connectivity index is 1.89. The van der Waals surface area contributed by atoms with Crippen LogP contribution in [0.1, 0.15) is 43.3 Å². The summed E-state index contributed by atoms with van der Waals surface area (Å²) in [5.41, 5.74) is 0.860. The van der Waals surface area contributed by atoms with Crippen molar-refractivity contribution in [2.45, 2.75) is 39.3 Å². The van der Waals surface area contributed by atoms with E-state index in [0.717, 1.165) is 23.4 Å². The van der Waals surface area contributed by atoms with E-state index in [9.17, 15) is 4.79 Å². The number of hydrogen-bond donors (Lipinski definition) is 2. The number of hydrogen-bond acceptors (Lipinski definition) is 5. The Morgan fingerprint density at radius 2 is 2.22 bits per heavy atom. The quantitative estimate of drug-likeness (QED) is 0.777. The Morgan fingerprint density at radius 3 is 2.91 bits per heavy atom. The second-order valence-corrected chi connectivity index (χ2v) is 5.90. The SMILES string of the molecule is CCCOc1ncccc1CNC(=O)N[C@H](CC)c1nccs1. The van der Waals surface area contributed by atoms with Crippen molar-refractivity contribution >= 4 is 17.4 Å². The fourth-order valence-corrected chi connectivity index (χ4v) is 2.79. The normalized spacial score (nSPS) is 11.7. The van der Waals surface area contributed by atoms with Gasteiger partial charge in [0.2, 0.25) is 5.88 Å². The van der Waals surface area contributed by atoms with Crippen molar-refractivity contribution in [2.24, 2.45) is 0 Å². The maximum absolute atomic E-state index is 12.1. The lowest BCUT2D eigenvalue weighted by atomic mass is 10.2. The highest BCUT2D eigenvalue weighted by Gasteiger charge is 2.15. The van der Waals surface area contributed by atoms with E-state index in [0.29, 0.717) is 19.0 Å². The van der Waals surface area contributed by atoms with Crippen LogP contribution in [-0.2, 0) is 6.54 Å². The van der Waals surface area contributed by atoms with Crippen LogP contribution in [0.2, 0.25) is 0 Å². The van der Waals surface area contributed by atoms with Crippen molar-refractivity contribution in [2.75, 3.05) is 6.61 Å². The number of nitrogens with one attached hydrogen (secondary N) is 2. The van der Waals surface area contributed by atoms with E-state index in [2.05, 4.69) is 20.6 Å². The molecule has 0 radical (unpaired) electrons. The average Bonchev–Trinajstić information content (AvgIpc) is 3.11. The third kappa shape index (κ3) is 5.21. The molecule has 0 saturated heterocycles. The minimum atomic E-state index is -0.225. The van der Waals surface area contributed by atoms with Crippen LogP contribution in [0, 0.1) is 0 Å². The Labute approximate surface area is 140 Å². The molecule has 0 fully saturated rings. The molecule has 2 amide bonds. The van der Waals surface area contributed by atoms with E-state index in [1.165, 1.54) is 11.3 Å². The molecule has 0 aliphatic carbocycles. The Bertz CT molecular complexity index is 604. The van der Waals surface area contributed by atoms with Gasteiger partial charge < -0.3 is 15.4 Å². The summed E-state index contributed by atoms with van der Waals surface area (Å²) in [4.78, 5) is 20.6. The second-order valence-electron chi connectivity index (χ2n) is 4.97. The Hall–Kier alpha value is -2.15. The molecular weight excluding hydrogens is 312 g/mol. The molecule has 2 aromatic rings. The monoisotopic (exact) mass is 334 g/mol. The van der Waals surface area contributed by atoms with E-state index in [-0.39, 0.29) is 12.1 Å². The van der Waals surface area contributed by atoms with Crippen LogP contribution in [0.4, 0.5) is 4.79 Å². The van der Waals surface area contributed by atoms with Crippen LogP contribution in [0.25, 0.3) is 0 Å². The van der Waals surface area contributed by atoms with Crippen LogP contribution < -0.4 is 15.4 Å². The molecule has 1 atom stereocenters. The van der Waals surface area contributed by atoms with Crippen LogP contribution in [0.5, 0.6) is 5.88 Å². The number of aromatic nitrogens is 2. The number of thiazole rings is 1. The van der Waals surface area contributed by atoms with E-state index >= 15 is 0 Å². The van der Waals surface area contributed by atoms with E-state index in [4.69, 9.17) is 4.74 Å². The number of amides is 2. The first-order valence-corrected chi connectivity index (χ1v) is 8.63. The van der Waals surface area contributed by atoms with Crippen molar-refractivity contribution < 1.29 is 9.53 Å². The molecule has 0 aliphatic rings. The molecule has 2 aromatic heterocycles. The second kappa shape index (κ2) is 9.09. The zero-order valence-corrected chi connectivity index (χ0v) is 14.2. The van der Waals surface area contributed by atoms with Crippen molar-refractivity contribution in [3.8, 4) is 5.88 Å². The zero-order chi connectivity index (χ0) is 16.5. The maximum atomic E-state index is 12.1. The molecule has 124 valence electrons. The Morgan fingerprint density at radius 1 is 1.35 bits per heavy atom. The van der Waals surface area contributed by atoms with Gasteiger partial charge in [-0.15, -0.1) is 11.3 Å². The first-order valence-electron chi connectivity index (χ1n) is 7.75. The van der Waals surface area contributed by atoms with Crippen LogP contribution in [-0.4, -0.2) is 22.6 Å². The van der Waals surface area contributed by atoms with Crippen molar-refractivity contribution in [3.63, 3.8) is 0 Å². The molecule has 0 unspecified atom stereocenters. The molecule has 0 saturated carbocycles. The molecule has 2 heterocycles. The summed E-state index contributed by atoms with van der Waals surface area (Å²) in [6.45, 7) is 5.03. The topological polar surface area (TPSA) is 76.1 Å². The fraction of sp³-hybridized carbons (Fsp3) is 0.438. The van der Waals surface area contributed by atoms with E-state index in [1.54, 1.807) is 12.4 Å². The van der Waals surface area contributed by atoms with E-state index < -0.39 is 0 Å². The summed E-state index contributed by atoms with van der Waals surface area (Å²) in [5, 5.41) is 8.61. The van der Waals surface area contributed by atoms with Gasteiger partial charge in [-0.3, -0.25) is 0 Å². The summed E-state index contributed by atoms with van der Waals surface area (Å²) in [6, 6.07) is 3.44. The van der Waals surface area contributed by atoms with Crippen molar-refractivity contribution in [1.82, 2.24) is 20.6 Å². The van der Waals surface area contributed by atoms with Gasteiger partial charge in [0.05, 0.1) is 12.6 Å². The van der Waals surface area contributed by atoms with Gasteiger partial charge in [0.1, 0.15) is 5.01 Å². The minimum Gasteiger partial charge on any atom is -0.477 e. The molecule has 0 spiro atoms. The molecule has 6 nitrogen and oxygen atoms in total. The number of ether oxygens (including phenoxy) is 1. The first-order chi connectivity index (χ1) is 11.2. The number of urea groups is 1. The standard InChI is InChI=1S/C16H22N4O2S/c1-3-9-22-14-12(6-5-7-17-14)11-19-16(21)20-13(4-2)15-18-8-10-23-15/h5-8,10,13H,3-4,9,11H2,1-2H3,(H2,19,20,21)/t13-/m1/s1. The van der Waals surface area contributed by atoms with Gasteiger partial charge >= 0.3 is 6.03 Å². The maximum Gasteiger partial charge on any atom is 0.315 e. The number of carbonyl (C=O) groups is 1.